The van der Waals surface area contributed by atoms with Crippen molar-refractivity contribution >= 4 is 5.91 Å². The van der Waals surface area contributed by atoms with Crippen LogP contribution in [-0.4, -0.2) is 70.1 Å². The zero-order valence-electron chi connectivity index (χ0n) is 13.4. The molecule has 1 aliphatic heterocycles. The fourth-order valence-electron chi connectivity index (χ4n) is 2.83. The van der Waals surface area contributed by atoms with E-state index in [1.54, 1.807) is 13.3 Å². The molecule has 1 aliphatic rings. The van der Waals surface area contributed by atoms with Crippen molar-refractivity contribution in [2.24, 2.45) is 0 Å². The number of aromatic amines is 1. The number of ether oxygens (including phenoxy) is 1. The van der Waals surface area contributed by atoms with E-state index in [-0.39, 0.29) is 5.91 Å². The minimum absolute atomic E-state index is 0.0799. The number of hydrogen-bond donors (Lipinski definition) is 1. The number of nitrogens with zero attached hydrogens (tertiary/aromatic N) is 4. The summed E-state index contributed by atoms with van der Waals surface area (Å²) in [5, 5.41) is 0. The molecular weight excluding hydrogens is 294 g/mol. The van der Waals surface area contributed by atoms with Crippen LogP contribution < -0.4 is 0 Å². The third-order valence-corrected chi connectivity index (χ3v) is 4.19. The quantitative estimate of drug-likeness (QED) is 0.856. The number of H-pyrrole nitrogens is 1. The molecular formula is C16H23N5O2. The van der Waals surface area contributed by atoms with Crippen LogP contribution in [0.1, 0.15) is 16.3 Å². The maximum Gasteiger partial charge on any atom is 0.270 e. The van der Waals surface area contributed by atoms with Gasteiger partial charge in [0.05, 0.1) is 13.2 Å². The van der Waals surface area contributed by atoms with Crippen molar-refractivity contribution in [2.45, 2.75) is 13.1 Å². The third kappa shape index (κ3) is 3.80. The number of methoxy groups -OCH3 is 1. The maximum absolute atomic E-state index is 12.3. The first-order valence-corrected chi connectivity index (χ1v) is 7.92. The minimum atomic E-state index is 0.0799. The van der Waals surface area contributed by atoms with Crippen LogP contribution in [0.15, 0.2) is 30.7 Å². The molecule has 2 aromatic rings. The lowest BCUT2D eigenvalue weighted by Crippen LogP contribution is -2.48. The highest BCUT2D eigenvalue weighted by atomic mass is 16.5. The van der Waals surface area contributed by atoms with Crippen molar-refractivity contribution in [3.8, 4) is 0 Å². The molecule has 0 aliphatic carbocycles. The number of hydrogen-bond acceptors (Lipinski definition) is 4. The highest BCUT2D eigenvalue weighted by Gasteiger charge is 2.23. The zero-order valence-corrected chi connectivity index (χ0v) is 13.4. The Morgan fingerprint density at radius 2 is 2.17 bits per heavy atom. The van der Waals surface area contributed by atoms with E-state index in [0.717, 1.165) is 45.1 Å². The van der Waals surface area contributed by atoms with Crippen molar-refractivity contribution in [1.29, 1.82) is 0 Å². The molecule has 1 saturated heterocycles. The summed E-state index contributed by atoms with van der Waals surface area (Å²) in [6.07, 6.45) is 5.60. The van der Waals surface area contributed by atoms with Gasteiger partial charge in [0.2, 0.25) is 0 Å². The summed E-state index contributed by atoms with van der Waals surface area (Å²) in [7, 11) is 1.71. The second-order valence-corrected chi connectivity index (χ2v) is 5.68. The topological polar surface area (TPSA) is 66.4 Å². The van der Waals surface area contributed by atoms with E-state index < -0.39 is 0 Å². The van der Waals surface area contributed by atoms with Gasteiger partial charge in [-0.2, -0.15) is 0 Å². The highest BCUT2D eigenvalue weighted by molar-refractivity contribution is 5.92. The van der Waals surface area contributed by atoms with Gasteiger partial charge in [0.15, 0.2) is 0 Å². The van der Waals surface area contributed by atoms with Crippen LogP contribution in [0.5, 0.6) is 0 Å². The molecule has 0 unspecified atom stereocenters. The normalized spacial score (nSPS) is 16.0. The van der Waals surface area contributed by atoms with Crippen molar-refractivity contribution in [1.82, 2.24) is 24.3 Å². The number of nitrogens with one attached hydrogen (secondary N) is 1. The Hall–Kier alpha value is -2.12. The smallest absolute Gasteiger partial charge is 0.270 e. The molecule has 124 valence electrons. The van der Waals surface area contributed by atoms with Gasteiger partial charge in [-0.25, -0.2) is 4.98 Å². The molecule has 0 atom stereocenters. The summed E-state index contributed by atoms with van der Waals surface area (Å²) in [6, 6.07) is 3.67. The molecule has 7 heteroatoms. The maximum atomic E-state index is 12.3. The molecule has 0 radical (unpaired) electrons. The first-order valence-electron chi connectivity index (χ1n) is 7.92. The Morgan fingerprint density at radius 3 is 2.87 bits per heavy atom. The third-order valence-electron chi connectivity index (χ3n) is 4.19. The first kappa shape index (κ1) is 15.8. The fraction of sp³-hybridized carbons (Fsp3) is 0.500. The summed E-state index contributed by atoms with van der Waals surface area (Å²) in [4.78, 5) is 24.0. The van der Waals surface area contributed by atoms with Gasteiger partial charge in [0, 0.05) is 58.4 Å². The lowest BCUT2D eigenvalue weighted by Gasteiger charge is -2.34. The van der Waals surface area contributed by atoms with Crippen molar-refractivity contribution in [3.63, 3.8) is 0 Å². The monoisotopic (exact) mass is 317 g/mol. The highest BCUT2D eigenvalue weighted by Crippen LogP contribution is 2.10. The number of carbonyl (C=O) groups excluding carboxylic acids is 1. The molecule has 0 aromatic carbocycles. The molecule has 2 aromatic heterocycles. The van der Waals surface area contributed by atoms with Crippen LogP contribution >= 0.6 is 0 Å². The second kappa shape index (κ2) is 7.43. The summed E-state index contributed by atoms with van der Waals surface area (Å²) in [5.41, 5.74) is 0.661. The zero-order chi connectivity index (χ0) is 16.1. The number of carbonyl (C=O) groups is 1. The Labute approximate surface area is 135 Å². The van der Waals surface area contributed by atoms with Crippen LogP contribution in [-0.2, 0) is 17.8 Å². The summed E-state index contributed by atoms with van der Waals surface area (Å²) < 4.78 is 7.25. The number of imidazole rings is 1. The Morgan fingerprint density at radius 1 is 1.35 bits per heavy atom. The summed E-state index contributed by atoms with van der Waals surface area (Å²) >= 11 is 0. The minimum Gasteiger partial charge on any atom is -0.383 e. The molecule has 1 amide bonds. The molecule has 3 rings (SSSR count). The lowest BCUT2D eigenvalue weighted by atomic mass is 10.2. The SMILES string of the molecule is COCCn1ccnc1CN1CCN(C(=O)c2ccc[nH]2)CC1. The van der Waals surface area contributed by atoms with Crippen molar-refractivity contribution < 1.29 is 9.53 Å². The fourth-order valence-corrected chi connectivity index (χ4v) is 2.83. The van der Waals surface area contributed by atoms with Gasteiger partial charge in [-0.05, 0) is 12.1 Å². The summed E-state index contributed by atoms with van der Waals surface area (Å²) in [6.45, 7) is 5.53. The van der Waals surface area contributed by atoms with Crippen LogP contribution in [0.2, 0.25) is 0 Å². The Kier molecular flexibility index (Phi) is 5.09. The predicted molar refractivity (Wildman–Crippen MR) is 86.1 cm³/mol. The molecule has 23 heavy (non-hydrogen) atoms. The molecule has 0 saturated carbocycles. The van der Waals surface area contributed by atoms with Crippen molar-refractivity contribution in [2.75, 3.05) is 39.9 Å². The van der Waals surface area contributed by atoms with Crippen LogP contribution in [0.25, 0.3) is 0 Å². The predicted octanol–water partition coefficient (Wildman–Crippen LogP) is 0.816. The van der Waals surface area contributed by atoms with Gasteiger partial charge in [0.25, 0.3) is 5.91 Å². The average Bonchev–Trinajstić information content (AvgIpc) is 3.25. The van der Waals surface area contributed by atoms with E-state index in [9.17, 15) is 4.79 Å². The molecule has 7 nitrogen and oxygen atoms in total. The van der Waals surface area contributed by atoms with E-state index in [1.165, 1.54) is 0 Å². The largest absolute Gasteiger partial charge is 0.383 e. The molecule has 3 heterocycles. The Bertz CT molecular complexity index is 614. The van der Waals surface area contributed by atoms with Gasteiger partial charge in [-0.1, -0.05) is 0 Å². The Balaban J connectivity index is 1.51. The van der Waals surface area contributed by atoms with Gasteiger partial charge >= 0.3 is 0 Å². The van der Waals surface area contributed by atoms with Gasteiger partial charge in [-0.3, -0.25) is 9.69 Å². The second-order valence-electron chi connectivity index (χ2n) is 5.68. The van der Waals surface area contributed by atoms with Crippen LogP contribution in [0, 0.1) is 0 Å². The average molecular weight is 317 g/mol. The number of piperazine rings is 1. The first-order chi connectivity index (χ1) is 11.3. The number of aromatic nitrogens is 3. The van der Waals surface area contributed by atoms with E-state index in [0.29, 0.717) is 12.3 Å². The van der Waals surface area contributed by atoms with Crippen molar-refractivity contribution in [3.05, 3.63) is 42.2 Å². The lowest BCUT2D eigenvalue weighted by molar-refractivity contribution is 0.0618. The van der Waals surface area contributed by atoms with E-state index in [2.05, 4.69) is 19.4 Å². The van der Waals surface area contributed by atoms with Crippen LogP contribution in [0.4, 0.5) is 0 Å². The number of amides is 1. The van der Waals surface area contributed by atoms with E-state index in [1.807, 2.05) is 29.4 Å². The molecule has 0 bridgehead atoms. The van der Waals surface area contributed by atoms with Gasteiger partial charge < -0.3 is 19.2 Å². The molecule has 1 N–H and O–H groups in total. The summed E-state index contributed by atoms with van der Waals surface area (Å²) in [5.74, 6) is 1.13. The standard InChI is InChI=1S/C16H23N5O2/c1-23-12-11-20-6-5-18-15(20)13-19-7-9-21(10-8-19)16(22)14-3-2-4-17-14/h2-6,17H,7-13H2,1H3. The van der Waals surface area contributed by atoms with Crippen LogP contribution in [0.3, 0.4) is 0 Å². The van der Waals surface area contributed by atoms with Gasteiger partial charge in [-0.15, -0.1) is 0 Å². The molecule has 1 fully saturated rings. The van der Waals surface area contributed by atoms with E-state index in [4.69, 9.17) is 4.74 Å². The van der Waals surface area contributed by atoms with E-state index >= 15 is 0 Å². The number of rotatable bonds is 6. The van der Waals surface area contributed by atoms with Gasteiger partial charge in [0.1, 0.15) is 11.5 Å². The molecule has 0 spiro atoms.